The standard InChI is InChI=1S/C14H25N3O2/c1-2-18-14(9-5-6-10-14)13-16-12(19-17-13)8-4-3-7-11-15/h2-11,15H2,1H3. The van der Waals surface area contributed by atoms with Crippen LogP contribution in [0.1, 0.15) is 63.6 Å². The third-order valence-electron chi connectivity index (χ3n) is 3.80. The predicted octanol–water partition coefficient (Wildman–Crippen LogP) is 2.55. The van der Waals surface area contributed by atoms with Crippen molar-refractivity contribution in [3.8, 4) is 0 Å². The zero-order valence-electron chi connectivity index (χ0n) is 11.9. The van der Waals surface area contributed by atoms with Crippen LogP contribution in [0.5, 0.6) is 0 Å². The maximum Gasteiger partial charge on any atom is 0.226 e. The van der Waals surface area contributed by atoms with Crippen molar-refractivity contribution in [2.24, 2.45) is 5.73 Å². The summed E-state index contributed by atoms with van der Waals surface area (Å²) in [5.74, 6) is 1.48. The first-order valence-electron chi connectivity index (χ1n) is 7.48. The molecule has 19 heavy (non-hydrogen) atoms. The number of rotatable bonds is 8. The highest BCUT2D eigenvalue weighted by Gasteiger charge is 2.40. The van der Waals surface area contributed by atoms with Gasteiger partial charge in [-0.05, 0) is 52.0 Å². The topological polar surface area (TPSA) is 74.2 Å². The quantitative estimate of drug-likeness (QED) is 0.733. The molecular weight excluding hydrogens is 242 g/mol. The van der Waals surface area contributed by atoms with Gasteiger partial charge in [-0.25, -0.2) is 0 Å². The van der Waals surface area contributed by atoms with Crippen LogP contribution in [0.3, 0.4) is 0 Å². The van der Waals surface area contributed by atoms with E-state index in [-0.39, 0.29) is 5.60 Å². The van der Waals surface area contributed by atoms with Gasteiger partial charge in [0.25, 0.3) is 0 Å². The molecule has 1 saturated carbocycles. The van der Waals surface area contributed by atoms with Gasteiger partial charge in [0.15, 0.2) is 0 Å². The van der Waals surface area contributed by atoms with Crippen molar-refractivity contribution < 1.29 is 9.26 Å². The molecular formula is C14H25N3O2. The fourth-order valence-corrected chi connectivity index (χ4v) is 2.79. The van der Waals surface area contributed by atoms with Crippen molar-refractivity contribution in [1.82, 2.24) is 10.1 Å². The highest BCUT2D eigenvalue weighted by atomic mass is 16.5. The molecule has 0 radical (unpaired) electrons. The molecule has 0 amide bonds. The second kappa shape index (κ2) is 7.01. The van der Waals surface area contributed by atoms with Gasteiger partial charge in [0.05, 0.1) is 0 Å². The lowest BCUT2D eigenvalue weighted by Crippen LogP contribution is -2.27. The van der Waals surface area contributed by atoms with Crippen molar-refractivity contribution in [3.05, 3.63) is 11.7 Å². The number of nitrogens with zero attached hydrogens (tertiary/aromatic N) is 2. The molecule has 1 aromatic rings. The van der Waals surface area contributed by atoms with Crippen LogP contribution in [0.15, 0.2) is 4.52 Å². The van der Waals surface area contributed by atoms with Gasteiger partial charge in [-0.1, -0.05) is 11.6 Å². The van der Waals surface area contributed by atoms with Crippen molar-refractivity contribution in [2.45, 2.75) is 63.9 Å². The van der Waals surface area contributed by atoms with Crippen molar-refractivity contribution in [2.75, 3.05) is 13.2 Å². The fourth-order valence-electron chi connectivity index (χ4n) is 2.79. The SMILES string of the molecule is CCOC1(c2noc(CCCCCN)n2)CCCC1. The molecule has 1 aromatic heterocycles. The second-order valence-electron chi connectivity index (χ2n) is 5.25. The third kappa shape index (κ3) is 3.54. The molecule has 5 heteroatoms. The predicted molar refractivity (Wildman–Crippen MR) is 72.7 cm³/mol. The zero-order chi connectivity index (χ0) is 13.6. The average molecular weight is 267 g/mol. The van der Waals surface area contributed by atoms with Crippen LogP contribution >= 0.6 is 0 Å². The lowest BCUT2D eigenvalue weighted by molar-refractivity contribution is -0.0469. The van der Waals surface area contributed by atoms with Crippen LogP contribution in [0, 0.1) is 0 Å². The van der Waals surface area contributed by atoms with Crippen molar-refractivity contribution in [3.63, 3.8) is 0 Å². The molecule has 2 rings (SSSR count). The second-order valence-corrected chi connectivity index (χ2v) is 5.25. The van der Waals surface area contributed by atoms with Crippen LogP contribution in [-0.2, 0) is 16.8 Å². The van der Waals surface area contributed by atoms with E-state index in [0.717, 1.165) is 56.8 Å². The summed E-state index contributed by atoms with van der Waals surface area (Å²) in [6.45, 7) is 3.47. The summed E-state index contributed by atoms with van der Waals surface area (Å²) in [7, 11) is 0. The van der Waals surface area contributed by atoms with E-state index in [1.807, 2.05) is 6.92 Å². The summed E-state index contributed by atoms with van der Waals surface area (Å²) >= 11 is 0. The molecule has 1 fully saturated rings. The van der Waals surface area contributed by atoms with E-state index in [1.54, 1.807) is 0 Å². The minimum absolute atomic E-state index is 0.284. The van der Waals surface area contributed by atoms with E-state index in [4.69, 9.17) is 15.0 Å². The number of nitrogens with two attached hydrogens (primary N) is 1. The summed E-state index contributed by atoms with van der Waals surface area (Å²) in [5, 5.41) is 4.15. The first-order valence-corrected chi connectivity index (χ1v) is 7.48. The normalized spacial score (nSPS) is 18.0. The van der Waals surface area contributed by atoms with Gasteiger partial charge in [0.1, 0.15) is 5.60 Å². The van der Waals surface area contributed by atoms with Gasteiger partial charge < -0.3 is 15.0 Å². The highest BCUT2D eigenvalue weighted by Crippen LogP contribution is 2.40. The van der Waals surface area contributed by atoms with Gasteiger partial charge in [0.2, 0.25) is 11.7 Å². The smallest absolute Gasteiger partial charge is 0.226 e. The maximum absolute atomic E-state index is 5.93. The molecule has 0 unspecified atom stereocenters. The van der Waals surface area contributed by atoms with Crippen molar-refractivity contribution >= 4 is 0 Å². The zero-order valence-corrected chi connectivity index (χ0v) is 11.9. The minimum Gasteiger partial charge on any atom is -0.367 e. The molecule has 5 nitrogen and oxygen atoms in total. The molecule has 1 heterocycles. The van der Waals surface area contributed by atoms with Gasteiger partial charge in [0, 0.05) is 13.0 Å². The number of ether oxygens (including phenoxy) is 1. The molecule has 0 bridgehead atoms. The first-order chi connectivity index (χ1) is 9.30. The molecule has 0 aliphatic heterocycles. The first kappa shape index (κ1) is 14.5. The number of aromatic nitrogens is 2. The summed E-state index contributed by atoms with van der Waals surface area (Å²) in [6, 6.07) is 0. The lowest BCUT2D eigenvalue weighted by atomic mass is 10.0. The van der Waals surface area contributed by atoms with E-state index in [1.165, 1.54) is 12.8 Å². The Morgan fingerprint density at radius 3 is 2.74 bits per heavy atom. The minimum atomic E-state index is -0.284. The Labute approximate surface area is 114 Å². The molecule has 2 N–H and O–H groups in total. The van der Waals surface area contributed by atoms with Crippen LogP contribution < -0.4 is 5.73 Å². The van der Waals surface area contributed by atoms with E-state index >= 15 is 0 Å². The van der Waals surface area contributed by atoms with Gasteiger partial charge in [-0.3, -0.25) is 0 Å². The van der Waals surface area contributed by atoms with E-state index in [9.17, 15) is 0 Å². The van der Waals surface area contributed by atoms with E-state index < -0.39 is 0 Å². The van der Waals surface area contributed by atoms with Crippen LogP contribution in [-0.4, -0.2) is 23.3 Å². The number of unbranched alkanes of at least 4 members (excludes halogenated alkanes) is 2. The summed E-state index contributed by atoms with van der Waals surface area (Å²) in [6.07, 6.45) is 8.45. The van der Waals surface area contributed by atoms with Gasteiger partial charge in [-0.2, -0.15) is 4.98 Å². The summed E-state index contributed by atoms with van der Waals surface area (Å²) in [5.41, 5.74) is 5.19. The molecule has 0 spiro atoms. The Bertz CT molecular complexity index is 373. The Hall–Kier alpha value is -0.940. The Morgan fingerprint density at radius 1 is 1.26 bits per heavy atom. The number of aryl methyl sites for hydroxylation is 1. The van der Waals surface area contributed by atoms with E-state index in [0.29, 0.717) is 6.61 Å². The molecule has 1 aliphatic carbocycles. The number of hydrogen-bond acceptors (Lipinski definition) is 5. The molecule has 0 saturated heterocycles. The fraction of sp³-hybridized carbons (Fsp3) is 0.857. The average Bonchev–Trinajstić information content (AvgIpc) is 3.05. The van der Waals surface area contributed by atoms with Gasteiger partial charge >= 0.3 is 0 Å². The largest absolute Gasteiger partial charge is 0.367 e. The summed E-state index contributed by atoms with van der Waals surface area (Å²) < 4.78 is 11.3. The maximum atomic E-state index is 5.93. The number of hydrogen-bond donors (Lipinski definition) is 1. The highest BCUT2D eigenvalue weighted by molar-refractivity contribution is 5.04. The Morgan fingerprint density at radius 2 is 2.05 bits per heavy atom. The Balaban J connectivity index is 1.94. The molecule has 0 aromatic carbocycles. The van der Waals surface area contributed by atoms with Crippen LogP contribution in [0.2, 0.25) is 0 Å². The van der Waals surface area contributed by atoms with Crippen LogP contribution in [0.25, 0.3) is 0 Å². The van der Waals surface area contributed by atoms with Gasteiger partial charge in [-0.15, -0.1) is 0 Å². The van der Waals surface area contributed by atoms with Crippen LogP contribution in [0.4, 0.5) is 0 Å². The molecule has 0 atom stereocenters. The van der Waals surface area contributed by atoms with Crippen molar-refractivity contribution in [1.29, 1.82) is 0 Å². The summed E-state index contributed by atoms with van der Waals surface area (Å²) in [4.78, 5) is 4.55. The molecule has 1 aliphatic rings. The third-order valence-corrected chi connectivity index (χ3v) is 3.80. The lowest BCUT2D eigenvalue weighted by Gasteiger charge is -2.24. The molecule has 108 valence electrons. The Kier molecular flexibility index (Phi) is 5.34. The monoisotopic (exact) mass is 267 g/mol. The van der Waals surface area contributed by atoms with E-state index in [2.05, 4.69) is 10.1 Å².